The third-order valence-electron chi connectivity index (χ3n) is 3.46. The van der Waals surface area contributed by atoms with E-state index >= 15 is 0 Å². The van der Waals surface area contributed by atoms with Gasteiger partial charge in [-0.25, -0.2) is 4.39 Å². The molecule has 1 saturated carbocycles. The molecule has 0 heterocycles. The molecule has 3 nitrogen and oxygen atoms in total. The Balaban J connectivity index is 2.03. The van der Waals surface area contributed by atoms with Crippen molar-refractivity contribution in [3.63, 3.8) is 0 Å². The highest BCUT2D eigenvalue weighted by Gasteiger charge is 2.15. The van der Waals surface area contributed by atoms with Gasteiger partial charge in [0.05, 0.1) is 18.0 Å². The molecule has 4 heteroatoms. The summed E-state index contributed by atoms with van der Waals surface area (Å²) >= 11 is 0. The molecule has 1 fully saturated rings. The fraction of sp³-hybridized carbons (Fsp3) is 0.571. The van der Waals surface area contributed by atoms with Crippen LogP contribution in [-0.4, -0.2) is 13.2 Å². The molecule has 0 spiro atoms. The highest BCUT2D eigenvalue weighted by molar-refractivity contribution is 5.68. The third-order valence-corrected chi connectivity index (χ3v) is 3.46. The first-order valence-electron chi connectivity index (χ1n) is 6.66. The van der Waals surface area contributed by atoms with Crippen molar-refractivity contribution >= 4 is 11.4 Å². The van der Waals surface area contributed by atoms with Gasteiger partial charge in [-0.3, -0.25) is 0 Å². The van der Waals surface area contributed by atoms with Gasteiger partial charge < -0.3 is 15.8 Å². The molecule has 18 heavy (non-hydrogen) atoms. The van der Waals surface area contributed by atoms with Crippen molar-refractivity contribution in [1.29, 1.82) is 0 Å². The van der Waals surface area contributed by atoms with Crippen LogP contribution in [0.1, 0.15) is 32.6 Å². The number of anilines is 2. The van der Waals surface area contributed by atoms with Gasteiger partial charge in [0, 0.05) is 18.7 Å². The monoisotopic (exact) mass is 252 g/mol. The lowest BCUT2D eigenvalue weighted by molar-refractivity contribution is 0.322. The Kier molecular flexibility index (Phi) is 4.28. The second-order valence-corrected chi connectivity index (χ2v) is 4.83. The van der Waals surface area contributed by atoms with Crippen LogP contribution in [0.25, 0.3) is 0 Å². The molecular weight excluding hydrogens is 231 g/mol. The lowest BCUT2D eigenvalue weighted by Gasteiger charge is -2.15. The Morgan fingerprint density at radius 1 is 1.39 bits per heavy atom. The maximum Gasteiger partial charge on any atom is 0.167 e. The van der Waals surface area contributed by atoms with Crippen LogP contribution >= 0.6 is 0 Å². The van der Waals surface area contributed by atoms with E-state index in [2.05, 4.69) is 5.32 Å². The smallest absolute Gasteiger partial charge is 0.167 e. The molecule has 0 saturated heterocycles. The number of benzene rings is 1. The molecule has 1 aromatic rings. The number of hydrogen-bond acceptors (Lipinski definition) is 3. The van der Waals surface area contributed by atoms with Crippen molar-refractivity contribution in [3.05, 3.63) is 17.9 Å². The molecule has 0 atom stereocenters. The molecule has 100 valence electrons. The number of hydrogen-bond donors (Lipinski definition) is 2. The van der Waals surface area contributed by atoms with E-state index in [9.17, 15) is 4.39 Å². The number of nitrogen functional groups attached to an aromatic ring is 1. The fourth-order valence-corrected chi connectivity index (χ4v) is 2.46. The standard InChI is InChI=1S/C14H21FN2O/c1-2-18-14-8-13(12(16)7-11(14)15)17-9-10-5-3-4-6-10/h7-8,10,17H,2-6,9,16H2,1H3. The summed E-state index contributed by atoms with van der Waals surface area (Å²) in [5, 5.41) is 3.31. The molecule has 0 radical (unpaired) electrons. The number of halogens is 1. The van der Waals surface area contributed by atoms with E-state index in [-0.39, 0.29) is 5.75 Å². The summed E-state index contributed by atoms with van der Waals surface area (Å²) in [5.41, 5.74) is 7.02. The summed E-state index contributed by atoms with van der Waals surface area (Å²) in [7, 11) is 0. The van der Waals surface area contributed by atoms with Crippen molar-refractivity contribution in [1.82, 2.24) is 0 Å². The van der Waals surface area contributed by atoms with E-state index in [1.165, 1.54) is 31.7 Å². The largest absolute Gasteiger partial charge is 0.491 e. The van der Waals surface area contributed by atoms with E-state index in [1.807, 2.05) is 6.92 Å². The van der Waals surface area contributed by atoms with Gasteiger partial charge in [0.1, 0.15) is 0 Å². The minimum atomic E-state index is -0.402. The Bertz CT molecular complexity index is 403. The molecule has 1 aliphatic carbocycles. The van der Waals surface area contributed by atoms with Crippen LogP contribution in [0.5, 0.6) is 5.75 Å². The maximum absolute atomic E-state index is 13.5. The van der Waals surface area contributed by atoms with Crippen LogP contribution in [0.4, 0.5) is 15.8 Å². The summed E-state index contributed by atoms with van der Waals surface area (Å²) in [6, 6.07) is 2.98. The summed E-state index contributed by atoms with van der Waals surface area (Å²) in [5.74, 6) is 0.575. The molecular formula is C14H21FN2O. The Morgan fingerprint density at radius 2 is 2.11 bits per heavy atom. The fourth-order valence-electron chi connectivity index (χ4n) is 2.46. The van der Waals surface area contributed by atoms with Gasteiger partial charge in [0.2, 0.25) is 0 Å². The zero-order chi connectivity index (χ0) is 13.0. The molecule has 0 aromatic heterocycles. The minimum Gasteiger partial charge on any atom is -0.491 e. The summed E-state index contributed by atoms with van der Waals surface area (Å²) < 4.78 is 18.8. The average molecular weight is 252 g/mol. The van der Waals surface area contributed by atoms with Crippen LogP contribution in [0.15, 0.2) is 12.1 Å². The first-order chi connectivity index (χ1) is 8.70. The SMILES string of the molecule is CCOc1cc(NCC2CCCC2)c(N)cc1F. The molecule has 0 bridgehead atoms. The van der Waals surface area contributed by atoms with Gasteiger partial charge in [0.15, 0.2) is 11.6 Å². The lowest BCUT2D eigenvalue weighted by Crippen LogP contribution is -2.12. The summed E-state index contributed by atoms with van der Waals surface area (Å²) in [6.45, 7) is 3.19. The second-order valence-electron chi connectivity index (χ2n) is 4.83. The van der Waals surface area contributed by atoms with Gasteiger partial charge >= 0.3 is 0 Å². The average Bonchev–Trinajstić information content (AvgIpc) is 2.84. The van der Waals surface area contributed by atoms with E-state index in [0.717, 1.165) is 12.2 Å². The van der Waals surface area contributed by atoms with Crippen LogP contribution in [-0.2, 0) is 0 Å². The van der Waals surface area contributed by atoms with Crippen molar-refractivity contribution in [2.24, 2.45) is 5.92 Å². The number of ether oxygens (including phenoxy) is 1. The number of rotatable bonds is 5. The van der Waals surface area contributed by atoms with Gasteiger partial charge in [-0.05, 0) is 25.7 Å². The zero-order valence-corrected chi connectivity index (χ0v) is 10.8. The molecule has 0 unspecified atom stereocenters. The zero-order valence-electron chi connectivity index (χ0n) is 10.8. The number of nitrogens with two attached hydrogens (primary N) is 1. The third kappa shape index (κ3) is 3.06. The molecule has 1 aliphatic rings. The van der Waals surface area contributed by atoms with Crippen LogP contribution in [0.3, 0.4) is 0 Å². The van der Waals surface area contributed by atoms with Gasteiger partial charge in [0.25, 0.3) is 0 Å². The van der Waals surface area contributed by atoms with Crippen molar-refractivity contribution in [2.45, 2.75) is 32.6 Å². The van der Waals surface area contributed by atoms with Crippen LogP contribution in [0, 0.1) is 11.7 Å². The van der Waals surface area contributed by atoms with Crippen LogP contribution < -0.4 is 15.8 Å². The number of nitrogens with one attached hydrogen (secondary N) is 1. The minimum absolute atomic E-state index is 0.264. The highest BCUT2D eigenvalue weighted by atomic mass is 19.1. The first kappa shape index (κ1) is 13.0. The van der Waals surface area contributed by atoms with E-state index in [0.29, 0.717) is 18.2 Å². The van der Waals surface area contributed by atoms with Crippen molar-refractivity contribution < 1.29 is 9.13 Å². The Labute approximate surface area is 108 Å². The van der Waals surface area contributed by atoms with Crippen molar-refractivity contribution in [3.8, 4) is 5.75 Å². The predicted molar refractivity (Wildman–Crippen MR) is 72.4 cm³/mol. The highest BCUT2D eigenvalue weighted by Crippen LogP contribution is 2.30. The molecule has 0 amide bonds. The molecule has 3 N–H and O–H groups in total. The topological polar surface area (TPSA) is 47.3 Å². The quantitative estimate of drug-likeness (QED) is 0.789. The van der Waals surface area contributed by atoms with Gasteiger partial charge in [-0.1, -0.05) is 12.8 Å². The molecule has 1 aromatic carbocycles. The Hall–Kier alpha value is -1.45. The lowest BCUT2D eigenvalue weighted by atomic mass is 10.1. The van der Waals surface area contributed by atoms with E-state index in [1.54, 1.807) is 6.07 Å². The maximum atomic E-state index is 13.5. The van der Waals surface area contributed by atoms with Gasteiger partial charge in [-0.2, -0.15) is 0 Å². The van der Waals surface area contributed by atoms with Crippen molar-refractivity contribution in [2.75, 3.05) is 24.2 Å². The molecule has 0 aliphatic heterocycles. The first-order valence-corrected chi connectivity index (χ1v) is 6.66. The summed E-state index contributed by atoms with van der Waals surface area (Å²) in [4.78, 5) is 0. The second kappa shape index (κ2) is 5.94. The van der Waals surface area contributed by atoms with E-state index in [4.69, 9.17) is 10.5 Å². The Morgan fingerprint density at radius 3 is 2.78 bits per heavy atom. The predicted octanol–water partition coefficient (Wildman–Crippen LogP) is 3.41. The molecule has 2 rings (SSSR count). The van der Waals surface area contributed by atoms with Crippen LogP contribution in [0.2, 0.25) is 0 Å². The normalized spacial score (nSPS) is 15.9. The van der Waals surface area contributed by atoms with Gasteiger partial charge in [-0.15, -0.1) is 0 Å². The van der Waals surface area contributed by atoms with E-state index < -0.39 is 5.82 Å². The summed E-state index contributed by atoms with van der Waals surface area (Å²) in [6.07, 6.45) is 5.17.